The smallest absolute Gasteiger partial charge is 0.266 e. The van der Waals surface area contributed by atoms with Crippen LogP contribution in [-0.4, -0.2) is 42.6 Å². The molecule has 0 atom stereocenters. The van der Waals surface area contributed by atoms with Gasteiger partial charge < -0.3 is 0 Å². The second kappa shape index (κ2) is 6.77. The van der Waals surface area contributed by atoms with Gasteiger partial charge in [0.1, 0.15) is 12.1 Å². The van der Waals surface area contributed by atoms with E-state index in [0.717, 1.165) is 6.42 Å². The van der Waals surface area contributed by atoms with Crippen LogP contribution >= 0.6 is 0 Å². The molecule has 34 heavy (non-hydrogen) atoms. The number of imidazole rings is 1. The van der Waals surface area contributed by atoms with Crippen LogP contribution in [0.25, 0.3) is 38.5 Å². The SMILES string of the molecule is CCCCN1C(=O)c2ccc3c(=O)n4c5nc(C#N)c(C#N)nc5nc4c4ccc(c2c34)C1=O. The van der Waals surface area contributed by atoms with Crippen LogP contribution in [0.2, 0.25) is 0 Å². The number of rotatable bonds is 3. The fourth-order valence-electron chi connectivity index (χ4n) is 4.66. The van der Waals surface area contributed by atoms with E-state index in [1.54, 1.807) is 24.3 Å². The molecular formula is C24H13N7O3. The first-order chi connectivity index (χ1) is 16.5. The third-order valence-electron chi connectivity index (χ3n) is 6.23. The van der Waals surface area contributed by atoms with Crippen molar-refractivity contribution in [2.24, 2.45) is 0 Å². The third kappa shape index (κ3) is 2.31. The molecule has 0 bridgehead atoms. The molecule has 2 amide bonds. The first kappa shape index (κ1) is 19.7. The van der Waals surface area contributed by atoms with Gasteiger partial charge in [0.15, 0.2) is 28.3 Å². The second-order valence-electron chi connectivity index (χ2n) is 8.05. The number of benzene rings is 2. The third-order valence-corrected chi connectivity index (χ3v) is 6.23. The molecule has 3 aromatic heterocycles. The fourth-order valence-corrected chi connectivity index (χ4v) is 4.66. The number of hydrogen-bond acceptors (Lipinski definition) is 8. The summed E-state index contributed by atoms with van der Waals surface area (Å²) in [6, 6.07) is 10.1. The largest absolute Gasteiger partial charge is 0.274 e. The summed E-state index contributed by atoms with van der Waals surface area (Å²) >= 11 is 0. The first-order valence-corrected chi connectivity index (χ1v) is 10.6. The summed E-state index contributed by atoms with van der Waals surface area (Å²) in [4.78, 5) is 53.9. The molecular weight excluding hydrogens is 434 g/mol. The summed E-state index contributed by atoms with van der Waals surface area (Å²) < 4.78 is 1.25. The highest BCUT2D eigenvalue weighted by Crippen LogP contribution is 2.37. The minimum absolute atomic E-state index is 0.0501. The summed E-state index contributed by atoms with van der Waals surface area (Å²) in [5, 5.41) is 20.3. The standard InChI is InChI=1S/C24H13N7O3/c1-2-3-8-30-22(32)12-5-4-11-17-14(7-6-13(18(12)17)23(30)33)24(34)31-20(11)29-19-21(31)28-16(10-26)15(9-25)27-19/h4-7H,2-3,8H2,1H3. The number of nitrogens with zero attached hydrogens (tertiary/aromatic N) is 7. The van der Waals surface area contributed by atoms with E-state index < -0.39 is 5.56 Å². The maximum absolute atomic E-state index is 13.5. The van der Waals surface area contributed by atoms with E-state index in [9.17, 15) is 24.9 Å². The molecule has 0 spiro atoms. The summed E-state index contributed by atoms with van der Waals surface area (Å²) in [5.74, 6) is -0.774. The summed E-state index contributed by atoms with van der Waals surface area (Å²) in [6.07, 6.45) is 1.54. The average molecular weight is 447 g/mol. The highest BCUT2D eigenvalue weighted by molar-refractivity contribution is 6.31. The Kier molecular flexibility index (Phi) is 3.92. The predicted molar refractivity (Wildman–Crippen MR) is 120 cm³/mol. The summed E-state index contributed by atoms with van der Waals surface area (Å²) in [5.41, 5.74) is 0.202. The van der Waals surface area contributed by atoms with Crippen LogP contribution in [0.4, 0.5) is 0 Å². The van der Waals surface area contributed by atoms with Crippen LogP contribution in [0.3, 0.4) is 0 Å². The molecule has 0 saturated heterocycles. The maximum atomic E-state index is 13.5. The fraction of sp³-hybridized carbons (Fsp3) is 0.167. The van der Waals surface area contributed by atoms with Crippen molar-refractivity contribution < 1.29 is 9.59 Å². The van der Waals surface area contributed by atoms with Crippen molar-refractivity contribution in [2.45, 2.75) is 19.8 Å². The minimum atomic E-state index is -0.468. The number of pyridine rings is 1. The Hall–Kier alpha value is -4.96. The molecule has 0 fully saturated rings. The number of hydrogen-bond donors (Lipinski definition) is 0. The number of unbranched alkanes of at least 4 members (excludes halogenated alkanes) is 1. The zero-order chi connectivity index (χ0) is 23.7. The molecule has 10 heteroatoms. The van der Waals surface area contributed by atoms with Crippen LogP contribution in [-0.2, 0) is 0 Å². The van der Waals surface area contributed by atoms with Crippen LogP contribution in [0.15, 0.2) is 29.1 Å². The Morgan fingerprint density at radius 1 is 0.824 bits per heavy atom. The molecule has 4 heterocycles. The van der Waals surface area contributed by atoms with Crippen molar-refractivity contribution in [1.29, 1.82) is 10.5 Å². The molecule has 1 aliphatic heterocycles. The van der Waals surface area contributed by atoms with Gasteiger partial charge in [0.2, 0.25) is 0 Å². The van der Waals surface area contributed by atoms with Crippen molar-refractivity contribution in [1.82, 2.24) is 24.3 Å². The van der Waals surface area contributed by atoms with Crippen molar-refractivity contribution in [3.63, 3.8) is 0 Å². The van der Waals surface area contributed by atoms with E-state index in [1.165, 1.54) is 9.30 Å². The van der Waals surface area contributed by atoms with Gasteiger partial charge in [-0.25, -0.2) is 19.4 Å². The molecule has 6 rings (SSSR count). The lowest BCUT2D eigenvalue weighted by atomic mass is 9.90. The number of nitriles is 2. The topological polar surface area (TPSA) is 145 Å². The van der Waals surface area contributed by atoms with Crippen LogP contribution < -0.4 is 5.56 Å². The molecule has 2 aromatic carbocycles. The highest BCUT2D eigenvalue weighted by atomic mass is 16.2. The van der Waals surface area contributed by atoms with Crippen molar-refractivity contribution in [3.05, 3.63) is 57.1 Å². The van der Waals surface area contributed by atoms with Gasteiger partial charge in [-0.2, -0.15) is 10.5 Å². The molecule has 1 aliphatic rings. The number of amides is 2. The molecule has 162 valence electrons. The number of aromatic nitrogens is 4. The van der Waals surface area contributed by atoms with Gasteiger partial charge in [-0.15, -0.1) is 0 Å². The Bertz CT molecular complexity index is 1870. The zero-order valence-electron chi connectivity index (χ0n) is 17.8. The molecule has 0 saturated carbocycles. The van der Waals surface area contributed by atoms with Crippen molar-refractivity contribution >= 4 is 50.3 Å². The molecule has 0 N–H and O–H groups in total. The van der Waals surface area contributed by atoms with E-state index >= 15 is 0 Å². The van der Waals surface area contributed by atoms with Crippen LogP contribution in [0, 0.1) is 22.7 Å². The van der Waals surface area contributed by atoms with E-state index in [2.05, 4.69) is 15.0 Å². The monoisotopic (exact) mass is 447 g/mol. The Morgan fingerprint density at radius 3 is 2.12 bits per heavy atom. The van der Waals surface area contributed by atoms with Gasteiger partial charge in [0.05, 0.1) is 0 Å². The van der Waals surface area contributed by atoms with E-state index in [1.807, 2.05) is 19.1 Å². The molecule has 10 nitrogen and oxygen atoms in total. The van der Waals surface area contributed by atoms with Crippen LogP contribution in [0.5, 0.6) is 0 Å². The zero-order valence-corrected chi connectivity index (χ0v) is 17.8. The quantitative estimate of drug-likeness (QED) is 0.384. The van der Waals surface area contributed by atoms with Gasteiger partial charge in [-0.1, -0.05) is 13.3 Å². The summed E-state index contributed by atoms with van der Waals surface area (Å²) in [6.45, 7) is 2.31. The number of carbonyl (C=O) groups is 2. The first-order valence-electron chi connectivity index (χ1n) is 10.6. The Morgan fingerprint density at radius 2 is 1.47 bits per heavy atom. The van der Waals surface area contributed by atoms with Crippen molar-refractivity contribution in [2.75, 3.05) is 6.54 Å². The van der Waals surface area contributed by atoms with E-state index in [4.69, 9.17) is 0 Å². The molecule has 5 aromatic rings. The number of fused-ring (bicyclic) bond motifs is 4. The van der Waals surface area contributed by atoms with Gasteiger partial charge in [0.25, 0.3) is 17.4 Å². The second-order valence-corrected chi connectivity index (χ2v) is 8.05. The average Bonchev–Trinajstić information content (AvgIpc) is 3.23. The lowest BCUT2D eigenvalue weighted by molar-refractivity contribution is 0.0608. The maximum Gasteiger partial charge on any atom is 0.266 e. The number of carbonyl (C=O) groups excluding carboxylic acids is 2. The lowest BCUT2D eigenvalue weighted by Gasteiger charge is -2.27. The van der Waals surface area contributed by atoms with Crippen LogP contribution in [0.1, 0.15) is 51.9 Å². The Labute approximate surface area is 190 Å². The van der Waals surface area contributed by atoms with Gasteiger partial charge in [0, 0.05) is 39.2 Å². The van der Waals surface area contributed by atoms with Crippen molar-refractivity contribution in [3.8, 4) is 12.1 Å². The minimum Gasteiger partial charge on any atom is -0.274 e. The Balaban J connectivity index is 1.76. The summed E-state index contributed by atoms with van der Waals surface area (Å²) in [7, 11) is 0. The molecule has 0 radical (unpaired) electrons. The molecule has 0 unspecified atom stereocenters. The van der Waals surface area contributed by atoms with Gasteiger partial charge >= 0.3 is 0 Å². The lowest BCUT2D eigenvalue weighted by Crippen LogP contribution is -2.41. The highest BCUT2D eigenvalue weighted by Gasteiger charge is 2.34. The van der Waals surface area contributed by atoms with Gasteiger partial charge in [-0.05, 0) is 30.7 Å². The normalized spacial score (nSPS) is 13.3. The predicted octanol–water partition coefficient (Wildman–Crippen LogP) is 2.52. The van der Waals surface area contributed by atoms with E-state index in [0.29, 0.717) is 40.3 Å². The number of imide groups is 1. The van der Waals surface area contributed by atoms with Gasteiger partial charge in [-0.3, -0.25) is 19.3 Å². The van der Waals surface area contributed by atoms with E-state index in [-0.39, 0.29) is 45.5 Å². The molecule has 0 aliphatic carbocycles.